The molecule has 0 aliphatic rings. The summed E-state index contributed by atoms with van der Waals surface area (Å²) in [5, 5.41) is 0.849. The van der Waals surface area contributed by atoms with Gasteiger partial charge in [0, 0.05) is 18.0 Å². The highest BCUT2D eigenvalue weighted by Crippen LogP contribution is 2.15. The zero-order valence-corrected chi connectivity index (χ0v) is 8.41. The van der Waals surface area contributed by atoms with Crippen LogP contribution in [-0.4, -0.2) is 19.9 Å². The minimum atomic E-state index is 0.670. The minimum absolute atomic E-state index is 0.670. The summed E-state index contributed by atoms with van der Waals surface area (Å²) >= 11 is 0. The Morgan fingerprint density at radius 1 is 0.875 bits per heavy atom. The molecule has 16 heavy (non-hydrogen) atoms. The fourth-order valence-electron chi connectivity index (χ4n) is 1.50. The lowest BCUT2D eigenvalue weighted by Gasteiger charge is -2.00. The first-order valence-electron chi connectivity index (χ1n) is 4.92. The SMILES string of the molecule is c1ccc(-c2ncc3cncnc3n2)cc1. The quantitative estimate of drug-likeness (QED) is 0.614. The van der Waals surface area contributed by atoms with Gasteiger partial charge in [-0.1, -0.05) is 30.3 Å². The van der Waals surface area contributed by atoms with Gasteiger partial charge in [0.2, 0.25) is 0 Å². The first-order chi connectivity index (χ1) is 7.93. The third kappa shape index (κ3) is 1.50. The second-order valence-corrected chi connectivity index (χ2v) is 3.36. The highest BCUT2D eigenvalue weighted by molar-refractivity contribution is 5.74. The lowest BCUT2D eigenvalue weighted by atomic mass is 10.2. The van der Waals surface area contributed by atoms with Gasteiger partial charge in [-0.05, 0) is 0 Å². The molecule has 76 valence electrons. The molecule has 3 aromatic rings. The third-order valence-electron chi connectivity index (χ3n) is 2.29. The number of hydrogen-bond acceptors (Lipinski definition) is 4. The molecule has 0 fully saturated rings. The van der Waals surface area contributed by atoms with E-state index in [1.54, 1.807) is 12.4 Å². The summed E-state index contributed by atoms with van der Waals surface area (Å²) in [7, 11) is 0. The predicted octanol–water partition coefficient (Wildman–Crippen LogP) is 2.09. The molecule has 3 rings (SSSR count). The Hall–Kier alpha value is -2.36. The fourth-order valence-corrected chi connectivity index (χ4v) is 1.50. The van der Waals surface area contributed by atoms with Crippen molar-refractivity contribution in [3.8, 4) is 11.4 Å². The zero-order chi connectivity index (χ0) is 10.8. The Morgan fingerprint density at radius 3 is 2.62 bits per heavy atom. The van der Waals surface area contributed by atoms with Crippen molar-refractivity contribution in [3.63, 3.8) is 0 Å². The van der Waals surface area contributed by atoms with E-state index < -0.39 is 0 Å². The molecule has 0 unspecified atom stereocenters. The van der Waals surface area contributed by atoms with Crippen molar-refractivity contribution in [2.24, 2.45) is 0 Å². The van der Waals surface area contributed by atoms with Crippen LogP contribution in [0.3, 0.4) is 0 Å². The van der Waals surface area contributed by atoms with Crippen LogP contribution in [0.1, 0.15) is 0 Å². The van der Waals surface area contributed by atoms with E-state index in [-0.39, 0.29) is 0 Å². The Labute approximate surface area is 92.0 Å². The van der Waals surface area contributed by atoms with E-state index in [4.69, 9.17) is 0 Å². The second-order valence-electron chi connectivity index (χ2n) is 3.36. The Morgan fingerprint density at radius 2 is 1.75 bits per heavy atom. The van der Waals surface area contributed by atoms with E-state index in [1.807, 2.05) is 30.3 Å². The van der Waals surface area contributed by atoms with E-state index in [2.05, 4.69) is 19.9 Å². The molecular weight excluding hydrogens is 200 g/mol. The van der Waals surface area contributed by atoms with E-state index in [0.717, 1.165) is 10.9 Å². The summed E-state index contributed by atoms with van der Waals surface area (Å²) in [6.07, 6.45) is 4.94. The summed E-state index contributed by atoms with van der Waals surface area (Å²) in [5.41, 5.74) is 1.66. The van der Waals surface area contributed by atoms with E-state index in [1.165, 1.54) is 6.33 Å². The highest BCUT2D eigenvalue weighted by Gasteiger charge is 2.02. The van der Waals surface area contributed by atoms with E-state index >= 15 is 0 Å². The van der Waals surface area contributed by atoms with Crippen molar-refractivity contribution in [3.05, 3.63) is 49.1 Å². The Balaban J connectivity index is 2.19. The van der Waals surface area contributed by atoms with Crippen molar-refractivity contribution >= 4 is 11.0 Å². The number of rotatable bonds is 1. The van der Waals surface area contributed by atoms with Crippen LogP contribution in [0.15, 0.2) is 49.1 Å². The van der Waals surface area contributed by atoms with Gasteiger partial charge in [-0.3, -0.25) is 0 Å². The first kappa shape index (κ1) is 8.91. The molecule has 0 bridgehead atoms. The van der Waals surface area contributed by atoms with Crippen molar-refractivity contribution in [2.75, 3.05) is 0 Å². The fraction of sp³-hybridized carbons (Fsp3) is 0. The summed E-state index contributed by atoms with van der Waals surface area (Å²) in [6.45, 7) is 0. The van der Waals surface area contributed by atoms with Gasteiger partial charge in [-0.15, -0.1) is 0 Å². The number of benzene rings is 1. The number of nitrogens with zero attached hydrogens (tertiary/aromatic N) is 4. The highest BCUT2D eigenvalue weighted by atomic mass is 15.0. The lowest BCUT2D eigenvalue weighted by molar-refractivity contribution is 1.14. The van der Waals surface area contributed by atoms with Crippen molar-refractivity contribution in [1.29, 1.82) is 0 Å². The third-order valence-corrected chi connectivity index (χ3v) is 2.29. The molecule has 0 amide bonds. The largest absolute Gasteiger partial charge is 0.244 e. The average molecular weight is 208 g/mol. The molecule has 0 N–H and O–H groups in total. The number of aromatic nitrogens is 4. The van der Waals surface area contributed by atoms with Crippen LogP contribution in [0.25, 0.3) is 22.4 Å². The molecule has 0 aliphatic carbocycles. The van der Waals surface area contributed by atoms with Crippen LogP contribution in [0.4, 0.5) is 0 Å². The van der Waals surface area contributed by atoms with Crippen LogP contribution in [0, 0.1) is 0 Å². The molecule has 0 aliphatic heterocycles. The maximum atomic E-state index is 4.38. The molecule has 0 saturated heterocycles. The molecule has 4 heteroatoms. The molecule has 2 aromatic heterocycles. The smallest absolute Gasteiger partial charge is 0.166 e. The van der Waals surface area contributed by atoms with Crippen LogP contribution in [0.2, 0.25) is 0 Å². The van der Waals surface area contributed by atoms with E-state index in [9.17, 15) is 0 Å². The maximum Gasteiger partial charge on any atom is 0.166 e. The molecular formula is C12H8N4. The Bertz CT molecular complexity index is 622. The summed E-state index contributed by atoms with van der Waals surface area (Å²) < 4.78 is 0. The van der Waals surface area contributed by atoms with Gasteiger partial charge >= 0.3 is 0 Å². The van der Waals surface area contributed by atoms with Gasteiger partial charge in [-0.2, -0.15) is 0 Å². The maximum absolute atomic E-state index is 4.38. The van der Waals surface area contributed by atoms with Crippen LogP contribution in [-0.2, 0) is 0 Å². The standard InChI is InChI=1S/C12H8N4/c1-2-4-9(5-3-1)11-14-7-10-6-13-8-15-12(10)16-11/h1-8H. The van der Waals surface area contributed by atoms with Gasteiger partial charge in [0.25, 0.3) is 0 Å². The van der Waals surface area contributed by atoms with Gasteiger partial charge in [-0.25, -0.2) is 19.9 Å². The molecule has 2 heterocycles. The van der Waals surface area contributed by atoms with Crippen LogP contribution >= 0.6 is 0 Å². The van der Waals surface area contributed by atoms with Gasteiger partial charge in [0.05, 0.1) is 5.39 Å². The Kier molecular flexibility index (Phi) is 2.04. The molecule has 4 nitrogen and oxygen atoms in total. The average Bonchev–Trinajstić information content (AvgIpc) is 2.39. The summed E-state index contributed by atoms with van der Waals surface area (Å²) in [5.74, 6) is 0.687. The number of fused-ring (bicyclic) bond motifs is 1. The molecule has 0 atom stereocenters. The monoisotopic (exact) mass is 208 g/mol. The first-order valence-corrected chi connectivity index (χ1v) is 4.92. The van der Waals surface area contributed by atoms with Crippen molar-refractivity contribution < 1.29 is 0 Å². The van der Waals surface area contributed by atoms with Gasteiger partial charge in [0.15, 0.2) is 11.5 Å². The predicted molar refractivity (Wildman–Crippen MR) is 60.6 cm³/mol. The van der Waals surface area contributed by atoms with Crippen LogP contribution in [0.5, 0.6) is 0 Å². The van der Waals surface area contributed by atoms with Crippen molar-refractivity contribution in [2.45, 2.75) is 0 Å². The van der Waals surface area contributed by atoms with Crippen LogP contribution < -0.4 is 0 Å². The zero-order valence-electron chi connectivity index (χ0n) is 8.41. The number of hydrogen-bond donors (Lipinski definition) is 0. The molecule has 0 radical (unpaired) electrons. The minimum Gasteiger partial charge on any atom is -0.244 e. The topological polar surface area (TPSA) is 51.6 Å². The summed E-state index contributed by atoms with van der Waals surface area (Å²) in [6, 6.07) is 9.84. The van der Waals surface area contributed by atoms with Gasteiger partial charge < -0.3 is 0 Å². The molecule has 1 aromatic carbocycles. The second kappa shape index (κ2) is 3.66. The summed E-state index contributed by atoms with van der Waals surface area (Å²) in [4.78, 5) is 16.7. The molecule has 0 spiro atoms. The normalized spacial score (nSPS) is 10.5. The van der Waals surface area contributed by atoms with Gasteiger partial charge in [0.1, 0.15) is 6.33 Å². The lowest BCUT2D eigenvalue weighted by Crippen LogP contribution is -1.92. The molecule has 0 saturated carbocycles. The van der Waals surface area contributed by atoms with E-state index in [0.29, 0.717) is 11.5 Å². The van der Waals surface area contributed by atoms with Crippen molar-refractivity contribution in [1.82, 2.24) is 19.9 Å².